The Kier molecular flexibility index (Phi) is 4.24. The first kappa shape index (κ1) is 16.1. The van der Waals surface area contributed by atoms with E-state index in [0.29, 0.717) is 11.3 Å². The monoisotopic (exact) mass is 343 g/mol. The first-order valence-electron chi connectivity index (χ1n) is 8.58. The van der Waals surface area contributed by atoms with Crippen molar-refractivity contribution in [3.8, 4) is 11.8 Å². The van der Waals surface area contributed by atoms with Crippen molar-refractivity contribution in [1.82, 2.24) is 9.78 Å². The lowest BCUT2D eigenvalue weighted by Crippen LogP contribution is -2.09. The van der Waals surface area contributed by atoms with Crippen molar-refractivity contribution in [2.75, 3.05) is 0 Å². The van der Waals surface area contributed by atoms with Gasteiger partial charge in [-0.1, -0.05) is 30.3 Å². The number of benzene rings is 2. The Morgan fingerprint density at radius 3 is 2.62 bits per heavy atom. The number of esters is 1. The fourth-order valence-electron chi connectivity index (χ4n) is 3.28. The Bertz CT molecular complexity index is 983. The van der Waals surface area contributed by atoms with Gasteiger partial charge < -0.3 is 4.74 Å². The van der Waals surface area contributed by atoms with Gasteiger partial charge >= 0.3 is 5.97 Å². The normalized spacial score (nSPS) is 12.4. The minimum atomic E-state index is -0.401. The van der Waals surface area contributed by atoms with Crippen LogP contribution in [0, 0.1) is 11.3 Å². The van der Waals surface area contributed by atoms with Crippen molar-refractivity contribution in [1.29, 1.82) is 5.26 Å². The molecule has 128 valence electrons. The van der Waals surface area contributed by atoms with Crippen LogP contribution in [0.4, 0.5) is 0 Å². The summed E-state index contributed by atoms with van der Waals surface area (Å²) in [5, 5.41) is 13.4. The topological polar surface area (TPSA) is 67.9 Å². The number of nitrogens with zero attached hydrogens (tertiary/aromatic N) is 3. The Morgan fingerprint density at radius 2 is 1.88 bits per heavy atom. The van der Waals surface area contributed by atoms with Crippen molar-refractivity contribution < 1.29 is 9.53 Å². The molecule has 5 heteroatoms. The number of carbonyl (C=O) groups excluding carboxylic acids is 1. The van der Waals surface area contributed by atoms with Crippen LogP contribution in [0.25, 0.3) is 5.69 Å². The molecule has 5 nitrogen and oxygen atoms in total. The third-order valence-corrected chi connectivity index (χ3v) is 4.58. The standard InChI is InChI=1S/C21H17N3O2/c22-13-15-9-11-16(12-10-15)14-26-21(25)20-18-7-4-8-19(18)24(23-20)17-5-2-1-3-6-17/h1-3,5-6,9-12H,4,7-8,14H2. The van der Waals surface area contributed by atoms with Gasteiger partial charge in [-0.3, -0.25) is 0 Å². The Hall–Kier alpha value is -3.39. The zero-order valence-corrected chi connectivity index (χ0v) is 14.2. The van der Waals surface area contributed by atoms with E-state index in [9.17, 15) is 4.79 Å². The summed E-state index contributed by atoms with van der Waals surface area (Å²) in [5.41, 5.74) is 4.89. The molecule has 2 aromatic carbocycles. The van der Waals surface area contributed by atoms with Gasteiger partial charge in [0.05, 0.1) is 17.3 Å². The molecule has 0 N–H and O–H groups in total. The summed E-state index contributed by atoms with van der Waals surface area (Å²) in [6.45, 7) is 0.164. The molecule has 0 radical (unpaired) electrons. The van der Waals surface area contributed by atoms with Crippen molar-refractivity contribution >= 4 is 5.97 Å². The molecule has 1 heterocycles. The highest BCUT2D eigenvalue weighted by Crippen LogP contribution is 2.28. The maximum Gasteiger partial charge on any atom is 0.359 e. The number of ether oxygens (including phenoxy) is 1. The number of fused-ring (bicyclic) bond motifs is 1. The maximum absolute atomic E-state index is 12.6. The van der Waals surface area contributed by atoms with Gasteiger partial charge in [0.1, 0.15) is 6.61 Å². The number of carbonyl (C=O) groups is 1. The fourth-order valence-corrected chi connectivity index (χ4v) is 3.28. The average Bonchev–Trinajstić information content (AvgIpc) is 3.30. The first-order chi connectivity index (χ1) is 12.8. The van der Waals surface area contributed by atoms with E-state index in [-0.39, 0.29) is 6.61 Å². The maximum atomic E-state index is 12.6. The van der Waals surface area contributed by atoms with Gasteiger partial charge in [0, 0.05) is 11.3 Å². The lowest BCUT2D eigenvalue weighted by molar-refractivity contribution is 0.0464. The molecule has 0 unspecified atom stereocenters. The molecule has 1 aromatic heterocycles. The summed E-state index contributed by atoms with van der Waals surface area (Å²) < 4.78 is 7.33. The van der Waals surface area contributed by atoms with Gasteiger partial charge in [0.15, 0.2) is 5.69 Å². The number of aromatic nitrogens is 2. The van der Waals surface area contributed by atoms with Crippen LogP contribution < -0.4 is 0 Å². The highest BCUT2D eigenvalue weighted by atomic mass is 16.5. The fraction of sp³-hybridized carbons (Fsp3) is 0.190. The van der Waals surface area contributed by atoms with Gasteiger partial charge in [0.25, 0.3) is 0 Å². The van der Waals surface area contributed by atoms with Crippen LogP contribution in [0.2, 0.25) is 0 Å². The number of hydrogen-bond donors (Lipinski definition) is 0. The molecule has 0 saturated heterocycles. The Labute approximate surface area is 151 Å². The second kappa shape index (κ2) is 6.85. The van der Waals surface area contributed by atoms with E-state index < -0.39 is 5.97 Å². The molecule has 0 atom stereocenters. The van der Waals surface area contributed by atoms with Gasteiger partial charge in [-0.05, 0) is 49.1 Å². The highest BCUT2D eigenvalue weighted by molar-refractivity contribution is 5.89. The second-order valence-corrected chi connectivity index (χ2v) is 6.26. The summed E-state index contributed by atoms with van der Waals surface area (Å²) in [4.78, 5) is 12.6. The molecule has 0 amide bonds. The van der Waals surface area contributed by atoms with Crippen LogP contribution in [0.15, 0.2) is 54.6 Å². The number of nitriles is 1. The molecule has 26 heavy (non-hydrogen) atoms. The molecular weight excluding hydrogens is 326 g/mol. The lowest BCUT2D eigenvalue weighted by Gasteiger charge is -2.05. The van der Waals surface area contributed by atoms with E-state index in [1.165, 1.54) is 0 Å². The molecule has 0 fully saturated rings. The third kappa shape index (κ3) is 2.98. The van der Waals surface area contributed by atoms with Crippen LogP contribution in [-0.2, 0) is 24.2 Å². The van der Waals surface area contributed by atoms with E-state index in [1.807, 2.05) is 35.0 Å². The van der Waals surface area contributed by atoms with Crippen LogP contribution in [-0.4, -0.2) is 15.7 Å². The van der Waals surface area contributed by atoms with E-state index in [2.05, 4.69) is 11.2 Å². The number of hydrogen-bond acceptors (Lipinski definition) is 4. The van der Waals surface area contributed by atoms with Crippen molar-refractivity contribution in [2.24, 2.45) is 0 Å². The van der Waals surface area contributed by atoms with Crippen LogP contribution >= 0.6 is 0 Å². The molecule has 4 rings (SSSR count). The van der Waals surface area contributed by atoms with Gasteiger partial charge in [-0.25, -0.2) is 9.48 Å². The van der Waals surface area contributed by atoms with Gasteiger partial charge in [0.2, 0.25) is 0 Å². The summed E-state index contributed by atoms with van der Waals surface area (Å²) in [7, 11) is 0. The number of para-hydroxylation sites is 1. The summed E-state index contributed by atoms with van der Waals surface area (Å²) in [6.07, 6.45) is 2.79. The zero-order chi connectivity index (χ0) is 17.9. The molecule has 0 saturated carbocycles. The molecule has 3 aromatic rings. The van der Waals surface area contributed by atoms with Crippen molar-refractivity contribution in [2.45, 2.75) is 25.9 Å². The van der Waals surface area contributed by atoms with E-state index in [1.54, 1.807) is 24.3 Å². The molecule has 0 aliphatic heterocycles. The predicted octanol–water partition coefficient (Wildman–Crippen LogP) is 3.59. The SMILES string of the molecule is N#Cc1ccc(COC(=O)c2nn(-c3ccccc3)c3c2CCC3)cc1. The van der Waals surface area contributed by atoms with Gasteiger partial charge in [-0.15, -0.1) is 0 Å². The molecular formula is C21H17N3O2. The summed E-state index contributed by atoms with van der Waals surface area (Å²) >= 11 is 0. The Balaban J connectivity index is 1.56. The smallest absolute Gasteiger partial charge is 0.359 e. The zero-order valence-electron chi connectivity index (χ0n) is 14.2. The molecule has 0 bridgehead atoms. The van der Waals surface area contributed by atoms with E-state index >= 15 is 0 Å². The minimum absolute atomic E-state index is 0.164. The van der Waals surface area contributed by atoms with Crippen molar-refractivity contribution in [3.05, 3.63) is 82.7 Å². The quantitative estimate of drug-likeness (QED) is 0.679. The summed E-state index contributed by atoms with van der Waals surface area (Å²) in [5.74, 6) is -0.401. The van der Waals surface area contributed by atoms with Gasteiger partial charge in [-0.2, -0.15) is 10.4 Å². The molecule has 1 aliphatic rings. The van der Waals surface area contributed by atoms with E-state index in [4.69, 9.17) is 10.00 Å². The number of rotatable bonds is 4. The van der Waals surface area contributed by atoms with Crippen molar-refractivity contribution in [3.63, 3.8) is 0 Å². The minimum Gasteiger partial charge on any atom is -0.456 e. The highest BCUT2D eigenvalue weighted by Gasteiger charge is 2.27. The first-order valence-corrected chi connectivity index (χ1v) is 8.58. The van der Waals surface area contributed by atoms with E-state index in [0.717, 1.165) is 41.8 Å². The predicted molar refractivity (Wildman–Crippen MR) is 95.9 cm³/mol. The second-order valence-electron chi connectivity index (χ2n) is 6.26. The average molecular weight is 343 g/mol. The molecule has 1 aliphatic carbocycles. The van der Waals surface area contributed by atoms with Crippen LogP contribution in [0.5, 0.6) is 0 Å². The Morgan fingerprint density at radius 1 is 1.12 bits per heavy atom. The third-order valence-electron chi connectivity index (χ3n) is 4.58. The van der Waals surface area contributed by atoms with Crippen LogP contribution in [0.1, 0.15) is 39.3 Å². The molecule has 0 spiro atoms. The largest absolute Gasteiger partial charge is 0.456 e. The van der Waals surface area contributed by atoms with Crippen LogP contribution in [0.3, 0.4) is 0 Å². The lowest BCUT2D eigenvalue weighted by atomic mass is 10.1. The summed E-state index contributed by atoms with van der Waals surface area (Å²) in [6, 6.07) is 18.9.